The van der Waals surface area contributed by atoms with Crippen LogP contribution in [-0.4, -0.2) is 23.1 Å². The topological polar surface area (TPSA) is 40.7 Å². The number of rotatable bonds is 2. The Morgan fingerprint density at radius 1 is 1.39 bits per heavy atom. The molecular weight excluding hydrogens is 222 g/mol. The van der Waals surface area contributed by atoms with Gasteiger partial charge in [0.1, 0.15) is 5.82 Å². The number of para-hydroxylation sites is 1. The minimum atomic E-state index is 0.198. The van der Waals surface area contributed by atoms with Gasteiger partial charge in [0.2, 0.25) is 0 Å². The van der Waals surface area contributed by atoms with E-state index in [1.54, 1.807) is 0 Å². The molecule has 0 aliphatic carbocycles. The summed E-state index contributed by atoms with van der Waals surface area (Å²) in [5.41, 5.74) is 3.75. The third kappa shape index (κ3) is 1.74. The quantitative estimate of drug-likeness (QED) is 0.851. The largest absolute Gasteiger partial charge is 0.341 e. The summed E-state index contributed by atoms with van der Waals surface area (Å²) in [5, 5.41) is 3.52. The molecule has 0 amide bonds. The first-order valence-electron chi connectivity index (χ1n) is 6.92. The van der Waals surface area contributed by atoms with Crippen molar-refractivity contribution in [1.29, 1.82) is 0 Å². The maximum absolute atomic E-state index is 4.88. The van der Waals surface area contributed by atoms with Crippen LogP contribution >= 0.6 is 0 Å². The van der Waals surface area contributed by atoms with Crippen LogP contribution in [0.1, 0.15) is 37.6 Å². The fourth-order valence-corrected chi connectivity index (χ4v) is 3.07. The third-order valence-corrected chi connectivity index (χ3v) is 4.37. The number of H-pyrrole nitrogens is 1. The van der Waals surface area contributed by atoms with E-state index in [0.29, 0.717) is 0 Å². The number of hydrogen-bond donors (Lipinski definition) is 2. The summed E-state index contributed by atoms with van der Waals surface area (Å²) >= 11 is 0. The molecule has 1 saturated heterocycles. The lowest BCUT2D eigenvalue weighted by Crippen LogP contribution is -2.43. The summed E-state index contributed by atoms with van der Waals surface area (Å²) < 4.78 is 0. The molecule has 1 aromatic carbocycles. The van der Waals surface area contributed by atoms with E-state index in [-0.39, 0.29) is 5.41 Å². The molecule has 1 aliphatic heterocycles. The van der Waals surface area contributed by atoms with Gasteiger partial charge in [-0.05, 0) is 44.4 Å². The lowest BCUT2D eigenvalue weighted by Gasteiger charge is -2.35. The molecule has 0 saturated carbocycles. The minimum absolute atomic E-state index is 0.198. The maximum Gasteiger partial charge on any atom is 0.114 e. The molecule has 96 valence electrons. The number of hydrogen-bond acceptors (Lipinski definition) is 2. The Kier molecular flexibility index (Phi) is 2.86. The fraction of sp³-hybridized carbons (Fsp3) is 0.533. The highest BCUT2D eigenvalue weighted by Gasteiger charge is 2.35. The van der Waals surface area contributed by atoms with Gasteiger partial charge in [0.05, 0.1) is 11.0 Å². The Morgan fingerprint density at radius 2 is 2.28 bits per heavy atom. The van der Waals surface area contributed by atoms with E-state index >= 15 is 0 Å². The van der Waals surface area contributed by atoms with Gasteiger partial charge in [-0.15, -0.1) is 0 Å². The number of nitrogens with one attached hydrogen (secondary N) is 2. The molecule has 2 N–H and O–H groups in total. The SMILES string of the molecule is CCC1(c2nc3c(C)cccc3[nH]2)CCCNC1. The smallest absolute Gasteiger partial charge is 0.114 e. The molecule has 3 nitrogen and oxygen atoms in total. The van der Waals surface area contributed by atoms with Gasteiger partial charge >= 0.3 is 0 Å². The number of aromatic nitrogens is 2. The summed E-state index contributed by atoms with van der Waals surface area (Å²) in [4.78, 5) is 8.43. The van der Waals surface area contributed by atoms with E-state index in [9.17, 15) is 0 Å². The monoisotopic (exact) mass is 243 g/mol. The number of imidazole rings is 1. The van der Waals surface area contributed by atoms with Crippen LogP contribution in [0.5, 0.6) is 0 Å². The molecule has 2 heterocycles. The van der Waals surface area contributed by atoms with Gasteiger partial charge in [-0.25, -0.2) is 4.98 Å². The van der Waals surface area contributed by atoms with Gasteiger partial charge in [0, 0.05) is 12.0 Å². The molecular formula is C15H21N3. The van der Waals surface area contributed by atoms with Gasteiger partial charge in [-0.3, -0.25) is 0 Å². The van der Waals surface area contributed by atoms with E-state index in [0.717, 1.165) is 25.0 Å². The van der Waals surface area contributed by atoms with E-state index < -0.39 is 0 Å². The minimum Gasteiger partial charge on any atom is -0.341 e. The Hall–Kier alpha value is -1.35. The van der Waals surface area contributed by atoms with Crippen LogP contribution in [0.25, 0.3) is 11.0 Å². The molecule has 3 rings (SSSR count). The van der Waals surface area contributed by atoms with Crippen LogP contribution in [-0.2, 0) is 5.41 Å². The molecule has 1 aliphatic rings. The summed E-state index contributed by atoms with van der Waals surface area (Å²) in [6, 6.07) is 6.35. The second-order valence-electron chi connectivity index (χ2n) is 5.47. The highest BCUT2D eigenvalue weighted by molar-refractivity contribution is 5.78. The van der Waals surface area contributed by atoms with Crippen molar-refractivity contribution in [3.05, 3.63) is 29.6 Å². The zero-order chi connectivity index (χ0) is 12.6. The Balaban J connectivity index is 2.09. The maximum atomic E-state index is 4.88. The number of nitrogens with zero attached hydrogens (tertiary/aromatic N) is 1. The number of aryl methyl sites for hydroxylation is 1. The lowest BCUT2D eigenvalue weighted by atomic mass is 9.77. The van der Waals surface area contributed by atoms with Crippen LogP contribution in [0.3, 0.4) is 0 Å². The predicted molar refractivity (Wildman–Crippen MR) is 74.9 cm³/mol. The van der Waals surface area contributed by atoms with Crippen molar-refractivity contribution in [3.8, 4) is 0 Å². The van der Waals surface area contributed by atoms with Gasteiger partial charge < -0.3 is 10.3 Å². The molecule has 1 unspecified atom stereocenters. The normalized spacial score (nSPS) is 24.6. The molecule has 0 bridgehead atoms. The second kappa shape index (κ2) is 4.39. The van der Waals surface area contributed by atoms with Crippen LogP contribution in [0, 0.1) is 6.92 Å². The average molecular weight is 243 g/mol. The molecule has 2 aromatic rings. The van der Waals surface area contributed by atoms with Crippen LogP contribution < -0.4 is 5.32 Å². The molecule has 1 aromatic heterocycles. The zero-order valence-corrected chi connectivity index (χ0v) is 11.2. The average Bonchev–Trinajstić information content (AvgIpc) is 2.85. The lowest BCUT2D eigenvalue weighted by molar-refractivity contribution is 0.290. The number of benzene rings is 1. The molecule has 3 heteroatoms. The van der Waals surface area contributed by atoms with Crippen LogP contribution in [0.4, 0.5) is 0 Å². The van der Waals surface area contributed by atoms with Crippen molar-refractivity contribution in [1.82, 2.24) is 15.3 Å². The van der Waals surface area contributed by atoms with Crippen molar-refractivity contribution in [2.24, 2.45) is 0 Å². The van der Waals surface area contributed by atoms with Gasteiger partial charge in [-0.1, -0.05) is 19.1 Å². The number of aromatic amines is 1. The summed E-state index contributed by atoms with van der Waals surface area (Å²) in [6.45, 7) is 6.58. The standard InChI is InChI=1S/C15H21N3/c1-3-15(8-5-9-16-10-15)14-17-12-7-4-6-11(2)13(12)18-14/h4,6-7,16H,3,5,8-10H2,1-2H3,(H,17,18). The van der Waals surface area contributed by atoms with Gasteiger partial charge in [-0.2, -0.15) is 0 Å². The first-order valence-corrected chi connectivity index (χ1v) is 6.92. The Morgan fingerprint density at radius 3 is 2.94 bits per heavy atom. The number of fused-ring (bicyclic) bond motifs is 1. The van der Waals surface area contributed by atoms with Gasteiger partial charge in [0.25, 0.3) is 0 Å². The highest BCUT2D eigenvalue weighted by atomic mass is 15.0. The molecule has 18 heavy (non-hydrogen) atoms. The summed E-state index contributed by atoms with van der Waals surface area (Å²) in [7, 11) is 0. The molecule has 0 spiro atoms. The Bertz CT molecular complexity index is 550. The van der Waals surface area contributed by atoms with Crippen molar-refractivity contribution in [2.45, 2.75) is 38.5 Å². The van der Waals surface area contributed by atoms with Crippen molar-refractivity contribution < 1.29 is 0 Å². The van der Waals surface area contributed by atoms with E-state index in [4.69, 9.17) is 4.98 Å². The van der Waals surface area contributed by atoms with Gasteiger partial charge in [0.15, 0.2) is 0 Å². The van der Waals surface area contributed by atoms with Crippen LogP contribution in [0.15, 0.2) is 18.2 Å². The third-order valence-electron chi connectivity index (χ3n) is 4.37. The van der Waals surface area contributed by atoms with Crippen molar-refractivity contribution in [2.75, 3.05) is 13.1 Å². The van der Waals surface area contributed by atoms with E-state index in [1.165, 1.54) is 29.7 Å². The van der Waals surface area contributed by atoms with Crippen molar-refractivity contribution >= 4 is 11.0 Å². The zero-order valence-electron chi connectivity index (χ0n) is 11.2. The molecule has 0 radical (unpaired) electrons. The van der Waals surface area contributed by atoms with Crippen molar-refractivity contribution in [3.63, 3.8) is 0 Å². The summed E-state index contributed by atoms with van der Waals surface area (Å²) in [6.07, 6.45) is 3.61. The highest BCUT2D eigenvalue weighted by Crippen LogP contribution is 2.34. The molecule has 1 atom stereocenters. The summed E-state index contributed by atoms with van der Waals surface area (Å²) in [5.74, 6) is 1.17. The molecule has 1 fully saturated rings. The first kappa shape index (κ1) is 11.7. The van der Waals surface area contributed by atoms with Crippen LogP contribution in [0.2, 0.25) is 0 Å². The Labute approximate surface area is 108 Å². The van der Waals surface area contributed by atoms with E-state index in [1.807, 2.05) is 0 Å². The fourth-order valence-electron chi connectivity index (χ4n) is 3.07. The predicted octanol–water partition coefficient (Wildman–Crippen LogP) is 2.90. The second-order valence-corrected chi connectivity index (χ2v) is 5.47. The number of piperidine rings is 1. The van der Waals surface area contributed by atoms with E-state index in [2.05, 4.69) is 42.3 Å². The first-order chi connectivity index (χ1) is 8.75.